The van der Waals surface area contributed by atoms with Crippen LogP contribution in [0.25, 0.3) is 0 Å². The third-order valence-corrected chi connectivity index (χ3v) is 3.55. The van der Waals surface area contributed by atoms with Crippen LogP contribution in [0.3, 0.4) is 0 Å². The molecule has 0 fully saturated rings. The van der Waals surface area contributed by atoms with Crippen LogP contribution in [0, 0.1) is 0 Å². The molecule has 23 heavy (non-hydrogen) atoms. The molecular weight excluding hydrogens is 288 g/mol. The zero-order chi connectivity index (χ0) is 16.5. The summed E-state index contributed by atoms with van der Waals surface area (Å²) in [5.74, 6) is -0.209. The van der Waals surface area contributed by atoms with Gasteiger partial charge in [0.25, 0.3) is 0 Å². The molecule has 0 unspecified atom stereocenters. The van der Waals surface area contributed by atoms with Crippen LogP contribution in [0.5, 0.6) is 0 Å². The molecule has 0 radical (unpaired) electrons. The SMILES string of the molecule is CC(=O)N[C@H](CC(=O)NCCc1ccccc1)c1ccccc1. The normalized spacial score (nSPS) is 11.5. The summed E-state index contributed by atoms with van der Waals surface area (Å²) in [6.07, 6.45) is 1.03. The highest BCUT2D eigenvalue weighted by Crippen LogP contribution is 2.16. The Labute approximate surface area is 136 Å². The zero-order valence-corrected chi connectivity index (χ0v) is 13.3. The van der Waals surface area contributed by atoms with Crippen LogP contribution in [0.2, 0.25) is 0 Å². The molecule has 0 bridgehead atoms. The second kappa shape index (κ2) is 8.73. The van der Waals surface area contributed by atoms with E-state index in [1.807, 2.05) is 60.7 Å². The van der Waals surface area contributed by atoms with Crippen LogP contribution >= 0.6 is 0 Å². The summed E-state index contributed by atoms with van der Waals surface area (Å²) in [6, 6.07) is 19.3. The first-order valence-corrected chi connectivity index (χ1v) is 7.78. The predicted molar refractivity (Wildman–Crippen MR) is 90.8 cm³/mol. The van der Waals surface area contributed by atoms with Gasteiger partial charge in [0, 0.05) is 13.5 Å². The van der Waals surface area contributed by atoms with Crippen molar-refractivity contribution in [3.63, 3.8) is 0 Å². The monoisotopic (exact) mass is 310 g/mol. The lowest BCUT2D eigenvalue weighted by Gasteiger charge is -2.18. The number of hydrogen-bond donors (Lipinski definition) is 2. The molecule has 2 rings (SSSR count). The van der Waals surface area contributed by atoms with Crippen LogP contribution in [0.15, 0.2) is 60.7 Å². The van der Waals surface area contributed by atoms with E-state index in [9.17, 15) is 9.59 Å². The van der Waals surface area contributed by atoms with Crippen molar-refractivity contribution in [1.82, 2.24) is 10.6 Å². The molecule has 0 aliphatic heterocycles. The van der Waals surface area contributed by atoms with Gasteiger partial charge < -0.3 is 10.6 Å². The Morgan fingerprint density at radius 2 is 1.57 bits per heavy atom. The first kappa shape index (κ1) is 16.7. The number of rotatable bonds is 7. The summed E-state index contributed by atoms with van der Waals surface area (Å²) in [5, 5.41) is 5.75. The Hall–Kier alpha value is -2.62. The molecule has 4 nitrogen and oxygen atoms in total. The van der Waals surface area contributed by atoms with E-state index >= 15 is 0 Å². The van der Waals surface area contributed by atoms with Gasteiger partial charge in [-0.1, -0.05) is 60.7 Å². The van der Waals surface area contributed by atoms with Gasteiger partial charge >= 0.3 is 0 Å². The van der Waals surface area contributed by atoms with Gasteiger partial charge in [-0.15, -0.1) is 0 Å². The van der Waals surface area contributed by atoms with Gasteiger partial charge in [0.15, 0.2) is 0 Å². The maximum atomic E-state index is 12.1. The molecule has 0 heterocycles. The van der Waals surface area contributed by atoms with Crippen molar-refractivity contribution < 1.29 is 9.59 Å². The van der Waals surface area contributed by atoms with Crippen LogP contribution in [-0.2, 0) is 16.0 Å². The first-order valence-electron chi connectivity index (χ1n) is 7.78. The van der Waals surface area contributed by atoms with Crippen molar-refractivity contribution in [3.8, 4) is 0 Å². The van der Waals surface area contributed by atoms with Crippen molar-refractivity contribution >= 4 is 11.8 Å². The summed E-state index contributed by atoms with van der Waals surface area (Å²) < 4.78 is 0. The largest absolute Gasteiger partial charge is 0.356 e. The number of benzene rings is 2. The molecule has 0 aromatic heterocycles. The van der Waals surface area contributed by atoms with Gasteiger partial charge in [0.2, 0.25) is 11.8 Å². The first-order chi connectivity index (χ1) is 11.1. The highest BCUT2D eigenvalue weighted by atomic mass is 16.2. The molecule has 2 N–H and O–H groups in total. The summed E-state index contributed by atoms with van der Waals surface area (Å²) in [6.45, 7) is 2.05. The lowest BCUT2D eigenvalue weighted by molar-refractivity contribution is -0.122. The smallest absolute Gasteiger partial charge is 0.222 e. The Bertz CT molecular complexity index is 626. The van der Waals surface area contributed by atoms with E-state index in [-0.39, 0.29) is 24.3 Å². The zero-order valence-electron chi connectivity index (χ0n) is 13.3. The summed E-state index contributed by atoms with van der Waals surface area (Å²) in [4.78, 5) is 23.5. The molecule has 2 amide bonds. The Morgan fingerprint density at radius 1 is 0.957 bits per heavy atom. The molecular formula is C19H22N2O2. The van der Waals surface area contributed by atoms with Crippen molar-refractivity contribution in [2.24, 2.45) is 0 Å². The minimum absolute atomic E-state index is 0.0662. The molecule has 0 saturated carbocycles. The third kappa shape index (κ3) is 5.94. The van der Waals surface area contributed by atoms with Crippen LogP contribution in [0.4, 0.5) is 0 Å². The fraction of sp³-hybridized carbons (Fsp3) is 0.263. The van der Waals surface area contributed by atoms with Gasteiger partial charge in [-0.3, -0.25) is 9.59 Å². The number of carbonyl (C=O) groups excluding carboxylic acids is 2. The van der Waals surface area contributed by atoms with E-state index in [1.54, 1.807) is 0 Å². The minimum Gasteiger partial charge on any atom is -0.356 e. The van der Waals surface area contributed by atoms with Gasteiger partial charge in [-0.05, 0) is 17.5 Å². The minimum atomic E-state index is -0.301. The quantitative estimate of drug-likeness (QED) is 0.826. The molecule has 0 aliphatic carbocycles. The third-order valence-electron chi connectivity index (χ3n) is 3.55. The number of carbonyl (C=O) groups is 2. The fourth-order valence-corrected chi connectivity index (χ4v) is 2.43. The van der Waals surface area contributed by atoms with Gasteiger partial charge in [-0.2, -0.15) is 0 Å². The molecule has 1 atom stereocenters. The van der Waals surface area contributed by atoms with Gasteiger partial charge in [0.05, 0.1) is 12.5 Å². The van der Waals surface area contributed by atoms with Crippen LogP contribution in [-0.4, -0.2) is 18.4 Å². The average molecular weight is 310 g/mol. The number of amides is 2. The van der Waals surface area contributed by atoms with E-state index in [0.29, 0.717) is 6.54 Å². The standard InChI is InChI=1S/C19H22N2O2/c1-15(22)21-18(17-10-6-3-7-11-17)14-19(23)20-13-12-16-8-4-2-5-9-16/h2-11,18H,12-14H2,1H3,(H,20,23)(H,21,22)/t18-/m1/s1. The van der Waals surface area contributed by atoms with Crippen molar-refractivity contribution in [2.45, 2.75) is 25.8 Å². The second-order valence-electron chi connectivity index (χ2n) is 5.45. The van der Waals surface area contributed by atoms with E-state index in [4.69, 9.17) is 0 Å². The molecule has 2 aromatic rings. The van der Waals surface area contributed by atoms with Crippen LogP contribution in [0.1, 0.15) is 30.5 Å². The topological polar surface area (TPSA) is 58.2 Å². The fourth-order valence-electron chi connectivity index (χ4n) is 2.43. The highest BCUT2D eigenvalue weighted by Gasteiger charge is 2.16. The van der Waals surface area contributed by atoms with E-state index in [1.165, 1.54) is 12.5 Å². The van der Waals surface area contributed by atoms with Crippen molar-refractivity contribution in [2.75, 3.05) is 6.54 Å². The second-order valence-corrected chi connectivity index (χ2v) is 5.45. The summed E-state index contributed by atoms with van der Waals surface area (Å²) in [7, 11) is 0. The molecule has 4 heteroatoms. The Morgan fingerprint density at radius 3 is 2.17 bits per heavy atom. The molecule has 0 aliphatic rings. The number of nitrogens with one attached hydrogen (secondary N) is 2. The number of hydrogen-bond acceptors (Lipinski definition) is 2. The predicted octanol–water partition coefficient (Wildman–Crippen LogP) is 2.61. The Balaban J connectivity index is 1.86. The highest BCUT2D eigenvalue weighted by molar-refractivity contribution is 5.79. The maximum Gasteiger partial charge on any atom is 0.222 e. The lowest BCUT2D eigenvalue weighted by Crippen LogP contribution is -2.33. The average Bonchev–Trinajstić information content (AvgIpc) is 2.56. The van der Waals surface area contributed by atoms with Crippen LogP contribution < -0.4 is 10.6 Å². The molecule has 120 valence electrons. The van der Waals surface area contributed by atoms with Crippen molar-refractivity contribution in [3.05, 3.63) is 71.8 Å². The van der Waals surface area contributed by atoms with E-state index in [2.05, 4.69) is 10.6 Å². The summed E-state index contributed by atoms with van der Waals surface area (Å²) in [5.41, 5.74) is 2.12. The molecule has 0 spiro atoms. The van der Waals surface area contributed by atoms with Crippen molar-refractivity contribution in [1.29, 1.82) is 0 Å². The Kier molecular flexibility index (Phi) is 6.36. The van der Waals surface area contributed by atoms with Gasteiger partial charge in [-0.25, -0.2) is 0 Å². The summed E-state index contributed by atoms with van der Waals surface area (Å²) >= 11 is 0. The van der Waals surface area contributed by atoms with Gasteiger partial charge in [0.1, 0.15) is 0 Å². The maximum absolute atomic E-state index is 12.1. The molecule has 2 aromatic carbocycles. The molecule has 0 saturated heterocycles. The van der Waals surface area contributed by atoms with E-state index < -0.39 is 0 Å². The lowest BCUT2D eigenvalue weighted by atomic mass is 10.0. The van der Waals surface area contributed by atoms with E-state index in [0.717, 1.165) is 12.0 Å².